The molecule has 3 aromatic heterocycles. The van der Waals surface area contributed by atoms with Crippen LogP contribution in [0.4, 0.5) is 0 Å². The van der Waals surface area contributed by atoms with E-state index in [4.69, 9.17) is 4.74 Å². The molecule has 0 spiro atoms. The molecule has 1 unspecified atom stereocenters. The highest BCUT2D eigenvalue weighted by Crippen LogP contribution is 2.20. The van der Waals surface area contributed by atoms with Crippen molar-refractivity contribution < 1.29 is 9.53 Å². The number of fused-ring (bicyclic) bond motifs is 1. The smallest absolute Gasteiger partial charge is 0.339 e. The number of rotatable bonds is 6. The molecule has 0 fully saturated rings. The maximum absolute atomic E-state index is 13.1. The minimum atomic E-state index is -0.478. The lowest BCUT2D eigenvalue weighted by Gasteiger charge is -2.09. The van der Waals surface area contributed by atoms with Crippen LogP contribution in [0, 0.1) is 0 Å². The Labute approximate surface area is 151 Å². The Bertz CT molecular complexity index is 998. The summed E-state index contributed by atoms with van der Waals surface area (Å²) in [6.45, 7) is 7.15. The van der Waals surface area contributed by atoms with E-state index in [-0.39, 0.29) is 11.7 Å². The van der Waals surface area contributed by atoms with Gasteiger partial charge >= 0.3 is 11.7 Å². The van der Waals surface area contributed by atoms with Gasteiger partial charge in [0.1, 0.15) is 0 Å². The molecule has 3 rings (SSSR count). The number of nitrogens with zero attached hydrogens (tertiary/aromatic N) is 5. The summed E-state index contributed by atoms with van der Waals surface area (Å²) in [5.41, 5.74) is 2.27. The molecule has 0 saturated heterocycles. The fourth-order valence-corrected chi connectivity index (χ4v) is 3.04. The zero-order valence-electron chi connectivity index (χ0n) is 15.5. The van der Waals surface area contributed by atoms with E-state index in [9.17, 15) is 9.59 Å². The molecule has 0 aliphatic heterocycles. The highest BCUT2D eigenvalue weighted by Gasteiger charge is 2.20. The van der Waals surface area contributed by atoms with Gasteiger partial charge in [-0.15, -0.1) is 0 Å². The van der Waals surface area contributed by atoms with Crippen molar-refractivity contribution in [2.75, 3.05) is 7.11 Å². The lowest BCUT2D eigenvalue weighted by Crippen LogP contribution is -2.27. The Morgan fingerprint density at radius 3 is 2.73 bits per heavy atom. The van der Waals surface area contributed by atoms with Crippen LogP contribution in [0.2, 0.25) is 0 Å². The SMILES string of the molecule is CCC(C)n1c(=O)n(Cc2cncn2CC)c2cc(C(=O)OC)cnc21. The van der Waals surface area contributed by atoms with Crippen molar-refractivity contribution in [3.8, 4) is 0 Å². The first kappa shape index (κ1) is 17.9. The number of carbonyl (C=O) groups excluding carboxylic acids is 1. The van der Waals surface area contributed by atoms with E-state index in [0.717, 1.165) is 18.7 Å². The number of methoxy groups -OCH3 is 1. The molecule has 8 nitrogen and oxygen atoms in total. The van der Waals surface area contributed by atoms with Gasteiger partial charge in [-0.1, -0.05) is 6.92 Å². The number of pyridine rings is 1. The minimum absolute atomic E-state index is 0.00110. The van der Waals surface area contributed by atoms with Gasteiger partial charge in [-0.2, -0.15) is 0 Å². The standard InChI is InChI=1S/C18H23N5O3/c1-5-12(3)23-16-15(7-13(8-20-16)17(24)26-4)22(18(23)25)10-14-9-19-11-21(14)6-2/h7-9,11-12H,5-6,10H2,1-4H3. The highest BCUT2D eigenvalue weighted by atomic mass is 16.5. The molecule has 26 heavy (non-hydrogen) atoms. The van der Waals surface area contributed by atoms with E-state index in [1.54, 1.807) is 27.7 Å². The third-order valence-corrected chi connectivity index (χ3v) is 4.72. The van der Waals surface area contributed by atoms with Gasteiger partial charge in [0.2, 0.25) is 0 Å². The van der Waals surface area contributed by atoms with Crippen molar-refractivity contribution in [1.82, 2.24) is 23.7 Å². The number of imidazole rings is 2. The van der Waals surface area contributed by atoms with Gasteiger partial charge in [-0.25, -0.2) is 19.6 Å². The molecule has 8 heteroatoms. The van der Waals surface area contributed by atoms with E-state index in [2.05, 4.69) is 9.97 Å². The molecule has 3 aromatic rings. The Kier molecular flexibility index (Phi) is 4.92. The monoisotopic (exact) mass is 357 g/mol. The van der Waals surface area contributed by atoms with Crippen molar-refractivity contribution >= 4 is 17.1 Å². The molecule has 0 bridgehead atoms. The zero-order valence-corrected chi connectivity index (χ0v) is 15.5. The molecule has 0 saturated carbocycles. The molecule has 0 aliphatic carbocycles. The van der Waals surface area contributed by atoms with Crippen LogP contribution in [0.5, 0.6) is 0 Å². The van der Waals surface area contributed by atoms with Crippen LogP contribution < -0.4 is 5.69 Å². The van der Waals surface area contributed by atoms with Crippen molar-refractivity contribution in [2.24, 2.45) is 0 Å². The summed E-state index contributed by atoms with van der Waals surface area (Å²) in [7, 11) is 1.32. The largest absolute Gasteiger partial charge is 0.465 e. The Balaban J connectivity index is 2.23. The van der Waals surface area contributed by atoms with E-state index < -0.39 is 5.97 Å². The lowest BCUT2D eigenvalue weighted by atomic mass is 10.2. The molecule has 0 N–H and O–H groups in total. The summed E-state index contributed by atoms with van der Waals surface area (Å²) in [5.74, 6) is -0.478. The van der Waals surface area contributed by atoms with Gasteiger partial charge in [0, 0.05) is 25.0 Å². The number of ether oxygens (including phenoxy) is 1. The fraction of sp³-hybridized carbons (Fsp3) is 0.444. The van der Waals surface area contributed by atoms with Crippen LogP contribution in [-0.2, 0) is 17.8 Å². The Morgan fingerprint density at radius 1 is 1.31 bits per heavy atom. The van der Waals surface area contributed by atoms with E-state index >= 15 is 0 Å². The average molecular weight is 357 g/mol. The van der Waals surface area contributed by atoms with Gasteiger partial charge in [0.25, 0.3) is 0 Å². The molecule has 0 aliphatic rings. The second-order valence-corrected chi connectivity index (χ2v) is 6.23. The summed E-state index contributed by atoms with van der Waals surface area (Å²) < 4.78 is 10.1. The van der Waals surface area contributed by atoms with Gasteiger partial charge in [0.05, 0.1) is 36.8 Å². The lowest BCUT2D eigenvalue weighted by molar-refractivity contribution is 0.0600. The third kappa shape index (κ3) is 2.91. The molecule has 3 heterocycles. The average Bonchev–Trinajstić information content (AvgIpc) is 3.22. The zero-order chi connectivity index (χ0) is 18.8. The number of aromatic nitrogens is 5. The van der Waals surface area contributed by atoms with Crippen molar-refractivity contribution in [3.05, 3.63) is 46.5 Å². The van der Waals surface area contributed by atoms with Crippen molar-refractivity contribution in [1.29, 1.82) is 0 Å². The highest BCUT2D eigenvalue weighted by molar-refractivity contribution is 5.92. The van der Waals surface area contributed by atoms with Crippen LogP contribution >= 0.6 is 0 Å². The topological polar surface area (TPSA) is 83.9 Å². The number of hydrogen-bond donors (Lipinski definition) is 0. The molecule has 138 valence electrons. The number of esters is 1. The summed E-state index contributed by atoms with van der Waals surface area (Å²) in [5, 5.41) is 0. The first-order chi connectivity index (χ1) is 12.5. The van der Waals surface area contributed by atoms with Crippen LogP contribution in [-0.4, -0.2) is 36.7 Å². The summed E-state index contributed by atoms with van der Waals surface area (Å²) in [6.07, 6.45) is 5.74. The quantitative estimate of drug-likeness (QED) is 0.632. The van der Waals surface area contributed by atoms with Crippen LogP contribution in [0.3, 0.4) is 0 Å². The second-order valence-electron chi connectivity index (χ2n) is 6.23. The normalized spacial score (nSPS) is 12.5. The van der Waals surface area contributed by atoms with Crippen molar-refractivity contribution in [2.45, 2.75) is 46.3 Å². The predicted octanol–water partition coefficient (Wildman–Crippen LogP) is 2.22. The Hall–Kier alpha value is -2.90. The molecule has 0 aromatic carbocycles. The molecular formula is C18H23N5O3. The summed E-state index contributed by atoms with van der Waals surface area (Å²) in [6, 6.07) is 1.67. The van der Waals surface area contributed by atoms with Gasteiger partial charge in [-0.3, -0.25) is 9.13 Å². The minimum Gasteiger partial charge on any atom is -0.465 e. The molecule has 0 amide bonds. The molecular weight excluding hydrogens is 334 g/mol. The summed E-state index contributed by atoms with van der Waals surface area (Å²) in [4.78, 5) is 33.6. The number of hydrogen-bond acceptors (Lipinski definition) is 5. The number of aryl methyl sites for hydroxylation is 1. The maximum Gasteiger partial charge on any atom is 0.339 e. The van der Waals surface area contributed by atoms with Gasteiger partial charge in [-0.05, 0) is 26.3 Å². The fourth-order valence-electron chi connectivity index (χ4n) is 3.04. The second kappa shape index (κ2) is 7.15. The van der Waals surface area contributed by atoms with Gasteiger partial charge < -0.3 is 9.30 Å². The molecule has 0 radical (unpaired) electrons. The Morgan fingerprint density at radius 2 is 2.08 bits per heavy atom. The van der Waals surface area contributed by atoms with Gasteiger partial charge in [0.15, 0.2) is 5.65 Å². The van der Waals surface area contributed by atoms with Crippen molar-refractivity contribution in [3.63, 3.8) is 0 Å². The van der Waals surface area contributed by atoms with Crippen LogP contribution in [0.1, 0.15) is 49.3 Å². The summed E-state index contributed by atoms with van der Waals surface area (Å²) >= 11 is 0. The van der Waals surface area contributed by atoms with E-state index in [0.29, 0.717) is 23.3 Å². The van der Waals surface area contributed by atoms with E-state index in [1.807, 2.05) is 25.3 Å². The maximum atomic E-state index is 13.1. The number of carbonyl (C=O) groups is 1. The van der Waals surface area contributed by atoms with Crippen LogP contribution in [0.25, 0.3) is 11.2 Å². The first-order valence-electron chi connectivity index (χ1n) is 8.69. The third-order valence-electron chi connectivity index (χ3n) is 4.72. The van der Waals surface area contributed by atoms with Crippen LogP contribution in [0.15, 0.2) is 29.6 Å². The first-order valence-corrected chi connectivity index (χ1v) is 8.69. The molecule has 1 atom stereocenters. The predicted molar refractivity (Wildman–Crippen MR) is 97.3 cm³/mol. The van der Waals surface area contributed by atoms with E-state index in [1.165, 1.54) is 13.3 Å².